The molecule has 0 radical (unpaired) electrons. The highest BCUT2D eigenvalue weighted by molar-refractivity contribution is 5.76. The molecule has 0 atom stereocenters. The van der Waals surface area contributed by atoms with E-state index in [-0.39, 0.29) is 22.7 Å². The molecule has 2 nitrogen and oxygen atoms in total. The van der Waals surface area contributed by atoms with Crippen molar-refractivity contribution in [3.05, 3.63) is 105 Å². The van der Waals surface area contributed by atoms with E-state index in [1.165, 1.54) is 44.5 Å². The summed E-state index contributed by atoms with van der Waals surface area (Å²) in [5, 5.41) is 3.15. The molecule has 0 aliphatic heterocycles. The van der Waals surface area contributed by atoms with Crippen LogP contribution < -0.4 is 5.32 Å². The van der Waals surface area contributed by atoms with Crippen LogP contribution in [0.15, 0.2) is 60.7 Å². The van der Waals surface area contributed by atoms with Gasteiger partial charge in [-0.05, 0) is 63.8 Å². The average Bonchev–Trinajstić information content (AvgIpc) is 2.74. The molecule has 3 aliphatic carbocycles. The highest BCUT2D eigenvalue weighted by atomic mass is 16.1. The van der Waals surface area contributed by atoms with Gasteiger partial charge in [0.2, 0.25) is 5.91 Å². The lowest BCUT2D eigenvalue weighted by Crippen LogP contribution is -2.55. The zero-order valence-electron chi connectivity index (χ0n) is 18.5. The van der Waals surface area contributed by atoms with E-state index in [0.29, 0.717) is 6.54 Å². The fraction of sp³-hybridized carbons (Fsp3) is 0.321. The molecule has 0 unspecified atom stereocenters. The molecule has 3 aromatic carbocycles. The van der Waals surface area contributed by atoms with Crippen molar-refractivity contribution in [1.29, 1.82) is 0 Å². The van der Waals surface area contributed by atoms with E-state index in [1.807, 2.05) is 0 Å². The minimum absolute atomic E-state index is 0.0201. The standard InChI is InChI=1S/C28H29NO/c1-17-14-15-18(2)26-24(17)25-20-10-6-8-12-22(20)28(26,23-13-9-7-11-21(23)25)27(4,5)16-29-19(3)30/h6-15,25H,16H2,1-5H3,(H,29,30). The summed E-state index contributed by atoms with van der Waals surface area (Å²) in [7, 11) is 0. The van der Waals surface area contributed by atoms with Crippen molar-refractivity contribution in [2.75, 3.05) is 6.54 Å². The molecule has 0 fully saturated rings. The molecule has 152 valence electrons. The maximum Gasteiger partial charge on any atom is 0.216 e. The Morgan fingerprint density at radius 2 is 1.43 bits per heavy atom. The van der Waals surface area contributed by atoms with Crippen LogP contribution in [0.25, 0.3) is 0 Å². The van der Waals surface area contributed by atoms with Gasteiger partial charge in [-0.2, -0.15) is 0 Å². The first-order valence-electron chi connectivity index (χ1n) is 10.8. The van der Waals surface area contributed by atoms with E-state index in [4.69, 9.17) is 0 Å². The van der Waals surface area contributed by atoms with Crippen molar-refractivity contribution >= 4 is 5.91 Å². The van der Waals surface area contributed by atoms with Crippen LogP contribution in [0.1, 0.15) is 71.2 Å². The lowest BCUT2D eigenvalue weighted by molar-refractivity contribution is -0.119. The molecular weight excluding hydrogens is 366 g/mol. The number of carbonyl (C=O) groups excluding carboxylic acids is 1. The van der Waals surface area contributed by atoms with E-state index in [2.05, 4.69) is 93.7 Å². The van der Waals surface area contributed by atoms with Gasteiger partial charge in [-0.1, -0.05) is 74.5 Å². The van der Waals surface area contributed by atoms with Gasteiger partial charge in [-0.3, -0.25) is 4.79 Å². The molecule has 3 aromatic rings. The van der Waals surface area contributed by atoms with Crippen molar-refractivity contribution in [2.24, 2.45) is 5.41 Å². The molecule has 0 saturated carbocycles. The smallest absolute Gasteiger partial charge is 0.216 e. The van der Waals surface area contributed by atoms with E-state index in [1.54, 1.807) is 6.92 Å². The normalized spacial score (nSPS) is 20.9. The minimum atomic E-state index is -0.317. The van der Waals surface area contributed by atoms with Crippen molar-refractivity contribution in [1.82, 2.24) is 5.32 Å². The summed E-state index contributed by atoms with van der Waals surface area (Å²) in [6, 6.07) is 22.5. The highest BCUT2D eigenvalue weighted by Gasteiger charge is 2.59. The van der Waals surface area contributed by atoms with Gasteiger partial charge >= 0.3 is 0 Å². The van der Waals surface area contributed by atoms with E-state index in [0.717, 1.165) is 0 Å². The second-order valence-corrected chi connectivity index (χ2v) is 9.64. The molecule has 1 N–H and O–H groups in total. The van der Waals surface area contributed by atoms with Gasteiger partial charge in [0.05, 0.1) is 5.41 Å². The first-order chi connectivity index (χ1) is 14.3. The Balaban J connectivity index is 1.97. The maximum absolute atomic E-state index is 11.9. The number of benzene rings is 3. The number of nitrogens with one attached hydrogen (secondary N) is 1. The molecule has 0 spiro atoms. The molecule has 0 heterocycles. The SMILES string of the molecule is CC(=O)NCC(C)(C)C12c3ccccc3C(c3ccccc31)c1c(C)ccc(C)c12. The lowest BCUT2D eigenvalue weighted by atomic mass is 9.44. The van der Waals surface area contributed by atoms with Gasteiger partial charge in [-0.25, -0.2) is 0 Å². The van der Waals surface area contributed by atoms with Gasteiger partial charge < -0.3 is 5.32 Å². The molecule has 2 heteroatoms. The fourth-order valence-electron chi connectivity index (χ4n) is 6.32. The second kappa shape index (κ2) is 6.31. The lowest BCUT2D eigenvalue weighted by Gasteiger charge is -2.58. The van der Waals surface area contributed by atoms with Crippen LogP contribution in [-0.2, 0) is 10.2 Å². The maximum atomic E-state index is 11.9. The van der Waals surface area contributed by atoms with Crippen LogP contribution in [0.2, 0.25) is 0 Å². The number of hydrogen-bond donors (Lipinski definition) is 1. The number of aryl methyl sites for hydroxylation is 2. The third-order valence-electron chi connectivity index (χ3n) is 7.48. The van der Waals surface area contributed by atoms with E-state index < -0.39 is 0 Å². The largest absolute Gasteiger partial charge is 0.356 e. The summed E-state index contributed by atoms with van der Waals surface area (Å²) in [6.45, 7) is 11.3. The number of hydrogen-bond acceptors (Lipinski definition) is 1. The van der Waals surface area contributed by atoms with E-state index >= 15 is 0 Å². The fourth-order valence-corrected chi connectivity index (χ4v) is 6.32. The number of carbonyl (C=O) groups is 1. The molecule has 2 bridgehead atoms. The zero-order chi connectivity index (χ0) is 21.3. The summed E-state index contributed by atoms with van der Waals surface area (Å²) in [6.07, 6.45) is 0. The van der Waals surface area contributed by atoms with Crippen LogP contribution in [0.3, 0.4) is 0 Å². The zero-order valence-corrected chi connectivity index (χ0v) is 18.5. The number of rotatable bonds is 3. The third kappa shape index (κ3) is 2.22. The Morgan fingerprint density at radius 1 is 0.900 bits per heavy atom. The Bertz CT molecular complexity index is 1140. The van der Waals surface area contributed by atoms with Crippen LogP contribution >= 0.6 is 0 Å². The second-order valence-electron chi connectivity index (χ2n) is 9.64. The predicted molar refractivity (Wildman–Crippen MR) is 122 cm³/mol. The van der Waals surface area contributed by atoms with Gasteiger partial charge in [0.25, 0.3) is 0 Å². The predicted octanol–water partition coefficient (Wildman–Crippen LogP) is 5.61. The van der Waals surface area contributed by atoms with Crippen molar-refractivity contribution < 1.29 is 4.79 Å². The van der Waals surface area contributed by atoms with Gasteiger partial charge in [-0.15, -0.1) is 0 Å². The first kappa shape index (κ1) is 19.1. The van der Waals surface area contributed by atoms with Crippen LogP contribution in [0.5, 0.6) is 0 Å². The van der Waals surface area contributed by atoms with E-state index in [9.17, 15) is 4.79 Å². The quantitative estimate of drug-likeness (QED) is 0.614. The minimum Gasteiger partial charge on any atom is -0.356 e. The molecule has 6 rings (SSSR count). The van der Waals surface area contributed by atoms with Crippen molar-refractivity contribution in [3.8, 4) is 0 Å². The summed E-state index contributed by atoms with van der Waals surface area (Å²) >= 11 is 0. The third-order valence-corrected chi connectivity index (χ3v) is 7.48. The summed E-state index contributed by atoms with van der Waals surface area (Å²) in [5.41, 5.74) is 10.7. The Morgan fingerprint density at radius 3 is 2.00 bits per heavy atom. The molecule has 0 aromatic heterocycles. The summed E-state index contributed by atoms with van der Waals surface area (Å²) < 4.78 is 0. The average molecular weight is 396 g/mol. The van der Waals surface area contributed by atoms with Crippen LogP contribution in [0, 0.1) is 19.3 Å². The first-order valence-corrected chi connectivity index (χ1v) is 10.8. The van der Waals surface area contributed by atoms with Gasteiger partial charge in [0.15, 0.2) is 0 Å². The summed E-state index contributed by atoms with van der Waals surface area (Å²) in [4.78, 5) is 11.9. The molecule has 0 saturated heterocycles. The van der Waals surface area contributed by atoms with Crippen molar-refractivity contribution in [2.45, 2.75) is 46.0 Å². The Kier molecular flexibility index (Phi) is 4.02. The van der Waals surface area contributed by atoms with Crippen molar-refractivity contribution in [3.63, 3.8) is 0 Å². The Labute approximate surface area is 179 Å². The molecule has 1 amide bonds. The summed E-state index contributed by atoms with van der Waals surface area (Å²) in [5.74, 6) is 0.289. The monoisotopic (exact) mass is 395 g/mol. The molecule has 30 heavy (non-hydrogen) atoms. The topological polar surface area (TPSA) is 29.1 Å². The number of amides is 1. The van der Waals surface area contributed by atoms with Crippen LogP contribution in [-0.4, -0.2) is 12.5 Å². The van der Waals surface area contributed by atoms with Gasteiger partial charge in [0, 0.05) is 19.4 Å². The van der Waals surface area contributed by atoms with Crippen LogP contribution in [0.4, 0.5) is 0 Å². The molecule has 3 aliphatic rings. The highest BCUT2D eigenvalue weighted by Crippen LogP contribution is 2.65. The Hall–Kier alpha value is -2.87. The molecular formula is C28H29NO. The van der Waals surface area contributed by atoms with Gasteiger partial charge in [0.1, 0.15) is 0 Å².